The second-order valence-corrected chi connectivity index (χ2v) is 27.3. The number of ether oxygens (including phenoxy) is 4. The van der Waals surface area contributed by atoms with E-state index in [0.29, 0.717) is 23.9 Å². The molecule has 0 spiro atoms. The number of esters is 2. The smallest absolute Gasteiger partial charge is 0.306 e. The SMILES string of the molecule is CC/C=C\C/C=C\C/C=C\C/C=C\C/C=C\C/C=C\CCCCCCCCC(=O)OC(COC(=O)CCCCCCCCCCCCCCCCCCCCCCCCCCCCCCCCCCCCCCCCCC)COC(OCC[N+](C)(C)C)C(=O)[O-]. The molecule has 2 unspecified atom stereocenters. The van der Waals surface area contributed by atoms with Crippen LogP contribution in [-0.4, -0.2) is 82.3 Å². The maximum atomic E-state index is 12.9. The van der Waals surface area contributed by atoms with Crippen LogP contribution in [0.2, 0.25) is 0 Å². The van der Waals surface area contributed by atoms with Gasteiger partial charge in [-0.15, -0.1) is 0 Å². The number of allylic oxidation sites excluding steroid dienone is 12. The second-order valence-electron chi connectivity index (χ2n) is 27.3. The zero-order valence-electron chi connectivity index (χ0n) is 60.0. The van der Waals surface area contributed by atoms with Crippen LogP contribution in [0.15, 0.2) is 72.9 Å². The molecule has 0 aliphatic rings. The van der Waals surface area contributed by atoms with Gasteiger partial charge in [0.2, 0.25) is 0 Å². The van der Waals surface area contributed by atoms with Crippen LogP contribution in [0.4, 0.5) is 0 Å². The van der Waals surface area contributed by atoms with Crippen molar-refractivity contribution in [2.75, 3.05) is 47.5 Å². The summed E-state index contributed by atoms with van der Waals surface area (Å²) >= 11 is 0. The number of nitrogens with zero attached hydrogens (tertiary/aromatic N) is 1. The molecule has 0 aliphatic carbocycles. The van der Waals surface area contributed by atoms with Crippen molar-refractivity contribution in [1.82, 2.24) is 0 Å². The molecule has 0 saturated heterocycles. The fraction of sp³-hybridized carbons (Fsp3) is 0.815. The summed E-state index contributed by atoms with van der Waals surface area (Å²) in [5.41, 5.74) is 0. The minimum Gasteiger partial charge on any atom is -0.545 e. The Balaban J connectivity index is 3.98. The van der Waals surface area contributed by atoms with Crippen LogP contribution in [0.1, 0.15) is 367 Å². The monoisotopic (exact) mass is 1260 g/mol. The summed E-state index contributed by atoms with van der Waals surface area (Å²) in [5.74, 6) is -2.29. The lowest BCUT2D eigenvalue weighted by Crippen LogP contribution is -2.44. The lowest BCUT2D eigenvalue weighted by Gasteiger charge is -2.26. The predicted octanol–water partition coefficient (Wildman–Crippen LogP) is 23.1. The molecule has 90 heavy (non-hydrogen) atoms. The van der Waals surface area contributed by atoms with E-state index in [4.69, 9.17) is 18.9 Å². The van der Waals surface area contributed by atoms with Crippen molar-refractivity contribution in [2.45, 2.75) is 379 Å². The Bertz CT molecular complexity index is 1710. The van der Waals surface area contributed by atoms with Gasteiger partial charge in [0.1, 0.15) is 13.2 Å². The van der Waals surface area contributed by atoms with Crippen molar-refractivity contribution in [3.05, 3.63) is 72.9 Å². The highest BCUT2D eigenvalue weighted by atomic mass is 16.7. The van der Waals surface area contributed by atoms with Crippen molar-refractivity contribution in [1.29, 1.82) is 0 Å². The van der Waals surface area contributed by atoms with E-state index in [-0.39, 0.29) is 32.2 Å². The molecule has 0 heterocycles. The van der Waals surface area contributed by atoms with Gasteiger partial charge in [0.25, 0.3) is 0 Å². The molecule has 0 aliphatic heterocycles. The highest BCUT2D eigenvalue weighted by Crippen LogP contribution is 2.19. The minimum atomic E-state index is -1.63. The average molecular weight is 1260 g/mol. The van der Waals surface area contributed by atoms with Crippen LogP contribution in [0, 0.1) is 0 Å². The number of hydrogen-bond acceptors (Lipinski definition) is 8. The van der Waals surface area contributed by atoms with Gasteiger partial charge in [-0.25, -0.2) is 0 Å². The van der Waals surface area contributed by atoms with Crippen molar-refractivity contribution in [2.24, 2.45) is 0 Å². The molecule has 2 atom stereocenters. The topological polar surface area (TPSA) is 111 Å². The average Bonchev–Trinajstić information content (AvgIpc) is 3.73. The Morgan fingerprint density at radius 2 is 0.633 bits per heavy atom. The van der Waals surface area contributed by atoms with Crippen molar-refractivity contribution in [3.63, 3.8) is 0 Å². The van der Waals surface area contributed by atoms with Gasteiger partial charge in [-0.05, 0) is 64.2 Å². The number of unbranched alkanes of at least 4 members (excludes halogenated alkanes) is 45. The van der Waals surface area contributed by atoms with Crippen LogP contribution in [0.5, 0.6) is 0 Å². The van der Waals surface area contributed by atoms with Crippen LogP contribution in [-0.2, 0) is 33.3 Å². The van der Waals surface area contributed by atoms with E-state index in [0.717, 1.165) is 96.3 Å². The summed E-state index contributed by atoms with van der Waals surface area (Å²) in [7, 11) is 5.93. The summed E-state index contributed by atoms with van der Waals surface area (Å²) in [6, 6.07) is 0. The first-order valence-corrected chi connectivity index (χ1v) is 38.6. The van der Waals surface area contributed by atoms with E-state index in [1.165, 1.54) is 238 Å². The molecule has 0 aromatic carbocycles. The van der Waals surface area contributed by atoms with Gasteiger partial charge in [-0.1, -0.05) is 363 Å². The summed E-state index contributed by atoms with van der Waals surface area (Å²) < 4.78 is 22.8. The van der Waals surface area contributed by atoms with E-state index in [1.54, 1.807) is 0 Å². The van der Waals surface area contributed by atoms with E-state index < -0.39 is 24.3 Å². The molecule has 0 saturated carbocycles. The van der Waals surface area contributed by atoms with Gasteiger partial charge in [0.15, 0.2) is 12.4 Å². The van der Waals surface area contributed by atoms with Gasteiger partial charge in [0, 0.05) is 12.8 Å². The molecule has 9 heteroatoms. The van der Waals surface area contributed by atoms with Gasteiger partial charge >= 0.3 is 11.9 Å². The molecule has 0 radical (unpaired) electrons. The largest absolute Gasteiger partial charge is 0.545 e. The summed E-state index contributed by atoms with van der Waals surface area (Å²) in [6.07, 6.45) is 93.2. The molecular formula is C81H147NO8. The van der Waals surface area contributed by atoms with Gasteiger partial charge in [-0.2, -0.15) is 0 Å². The van der Waals surface area contributed by atoms with Gasteiger partial charge < -0.3 is 33.3 Å². The van der Waals surface area contributed by atoms with Crippen molar-refractivity contribution in [3.8, 4) is 0 Å². The molecule has 0 N–H and O–H groups in total. The number of carbonyl (C=O) groups excluding carboxylic acids is 3. The number of quaternary nitrogens is 1. The summed E-state index contributed by atoms with van der Waals surface area (Å²) in [5, 5.41) is 11.8. The number of carboxylic acid groups (broad SMARTS) is 1. The Hall–Kier alpha value is -3.27. The summed E-state index contributed by atoms with van der Waals surface area (Å²) in [4.78, 5) is 37.5. The normalized spacial score (nSPS) is 13.0. The third-order valence-corrected chi connectivity index (χ3v) is 17.2. The lowest BCUT2D eigenvalue weighted by atomic mass is 10.0. The molecule has 0 rings (SSSR count). The standard InChI is InChI=1S/C81H147NO8/c1-6-8-10-12-14-16-18-20-22-24-26-28-30-32-33-34-35-36-37-38-39-40-41-42-43-44-45-46-48-49-51-53-55-57-59-61-63-65-67-69-71-78(83)88-75-77(76-89-81(80(85)86)87-74-73-82(3,4)5)90-79(84)72-70-68-66-64-62-60-58-56-54-52-50-47-31-29-27-25-23-21-19-17-15-13-11-9-7-2/h9,11,15,17,21,23,27,29,47,50,54,56,77,81H,6-8,10,12-14,16,18-20,22,24-26,28,30-46,48-49,51-53,55,57-76H2,1-5H3/b11-9-,17-15-,23-21-,29-27-,50-47-,56-54-. The number of aliphatic carboxylic acids is 1. The third-order valence-electron chi connectivity index (χ3n) is 17.2. The fourth-order valence-electron chi connectivity index (χ4n) is 11.4. The number of rotatable bonds is 72. The molecule has 0 aromatic rings. The Morgan fingerprint density at radius 1 is 0.344 bits per heavy atom. The zero-order valence-corrected chi connectivity index (χ0v) is 60.0. The van der Waals surface area contributed by atoms with Crippen LogP contribution < -0.4 is 5.11 Å². The van der Waals surface area contributed by atoms with Crippen LogP contribution >= 0.6 is 0 Å². The van der Waals surface area contributed by atoms with Crippen molar-refractivity contribution >= 4 is 17.9 Å². The highest BCUT2D eigenvalue weighted by molar-refractivity contribution is 5.70. The maximum absolute atomic E-state index is 12.9. The quantitative estimate of drug-likeness (QED) is 0.0195. The van der Waals surface area contributed by atoms with Gasteiger partial charge in [0.05, 0.1) is 40.3 Å². The molecular weight excluding hydrogens is 1110 g/mol. The first-order chi connectivity index (χ1) is 44.1. The zero-order chi connectivity index (χ0) is 65.4. The molecule has 0 aromatic heterocycles. The van der Waals surface area contributed by atoms with Crippen LogP contribution in [0.25, 0.3) is 0 Å². The molecule has 0 amide bonds. The molecule has 0 bridgehead atoms. The summed E-state index contributed by atoms with van der Waals surface area (Å²) in [6.45, 7) is 4.66. The number of carbonyl (C=O) groups is 3. The number of carboxylic acids is 1. The maximum Gasteiger partial charge on any atom is 0.306 e. The first-order valence-electron chi connectivity index (χ1n) is 38.6. The third kappa shape index (κ3) is 72.2. The Morgan fingerprint density at radius 3 is 0.944 bits per heavy atom. The Kier molecular flexibility index (Phi) is 69.0. The molecule has 524 valence electrons. The minimum absolute atomic E-state index is 0.143. The molecule has 0 fully saturated rings. The number of hydrogen-bond donors (Lipinski definition) is 0. The van der Waals surface area contributed by atoms with E-state index in [2.05, 4.69) is 86.8 Å². The van der Waals surface area contributed by atoms with Gasteiger partial charge in [-0.3, -0.25) is 9.59 Å². The van der Waals surface area contributed by atoms with Crippen LogP contribution in [0.3, 0.4) is 0 Å². The Labute approximate surface area is 557 Å². The van der Waals surface area contributed by atoms with E-state index in [1.807, 2.05) is 21.1 Å². The lowest BCUT2D eigenvalue weighted by molar-refractivity contribution is -0.870. The highest BCUT2D eigenvalue weighted by Gasteiger charge is 2.22. The molecule has 9 nitrogen and oxygen atoms in total. The first kappa shape index (κ1) is 86.7. The van der Waals surface area contributed by atoms with Crippen molar-refractivity contribution < 1.29 is 42.9 Å². The van der Waals surface area contributed by atoms with E-state index >= 15 is 0 Å². The van der Waals surface area contributed by atoms with E-state index in [9.17, 15) is 19.5 Å². The number of likely N-dealkylation sites (N-methyl/N-ethyl adjacent to an activating group) is 1. The second kappa shape index (κ2) is 71.6. The fourth-order valence-corrected chi connectivity index (χ4v) is 11.4. The predicted molar refractivity (Wildman–Crippen MR) is 385 cm³/mol.